The van der Waals surface area contributed by atoms with Crippen LogP contribution >= 0.6 is 36.4 Å². The molecule has 0 radical (unpaired) electrons. The van der Waals surface area contributed by atoms with Crippen LogP contribution in [-0.4, -0.2) is 40.3 Å². The maximum Gasteiger partial charge on any atom is 0.242 e. The third-order valence-corrected chi connectivity index (χ3v) is 5.45. The molecule has 1 saturated heterocycles. The van der Waals surface area contributed by atoms with Crippen molar-refractivity contribution in [2.45, 2.75) is 50.5 Å². The zero-order chi connectivity index (χ0) is 17.9. The Bertz CT molecular complexity index is 636. The fourth-order valence-corrected chi connectivity index (χ4v) is 3.88. The van der Waals surface area contributed by atoms with Gasteiger partial charge in [0.25, 0.3) is 0 Å². The van der Waals surface area contributed by atoms with Crippen molar-refractivity contribution in [3.63, 3.8) is 0 Å². The van der Waals surface area contributed by atoms with Crippen molar-refractivity contribution in [1.82, 2.24) is 9.88 Å². The van der Waals surface area contributed by atoms with Crippen molar-refractivity contribution >= 4 is 54.0 Å². The van der Waals surface area contributed by atoms with Crippen LogP contribution in [0.25, 0.3) is 0 Å². The van der Waals surface area contributed by atoms with E-state index in [0.717, 1.165) is 44.9 Å². The lowest BCUT2D eigenvalue weighted by atomic mass is 9.81. The quantitative estimate of drug-likeness (QED) is 0.758. The summed E-state index contributed by atoms with van der Waals surface area (Å²) in [6.45, 7) is 1.11. The molecule has 27 heavy (non-hydrogen) atoms. The number of nitrogens with two attached hydrogens (primary N) is 1. The van der Waals surface area contributed by atoms with Gasteiger partial charge in [-0.25, -0.2) is 4.98 Å². The van der Waals surface area contributed by atoms with E-state index in [2.05, 4.69) is 10.3 Å². The Labute approximate surface area is 177 Å². The standard InChI is InChI=1S/C18H25ClN4O2.2ClH/c19-14-6-7-15(21-11-14)22-16(24)13-5-4-10-23(12-13)17(25)18(20)8-2-1-3-9-18;;/h6-7,11,13H,1-5,8-10,12,20H2,(H,21,22,24);2*1H. The highest BCUT2D eigenvalue weighted by atomic mass is 35.5. The second-order valence-electron chi connectivity index (χ2n) is 7.16. The van der Waals surface area contributed by atoms with Gasteiger partial charge in [0, 0.05) is 19.3 Å². The predicted molar refractivity (Wildman–Crippen MR) is 112 cm³/mol. The third kappa shape index (κ3) is 5.95. The van der Waals surface area contributed by atoms with E-state index in [1.165, 1.54) is 6.20 Å². The summed E-state index contributed by atoms with van der Waals surface area (Å²) in [5.41, 5.74) is 5.64. The topological polar surface area (TPSA) is 88.3 Å². The number of anilines is 1. The number of amides is 2. The van der Waals surface area contributed by atoms with Gasteiger partial charge in [-0.05, 0) is 37.8 Å². The van der Waals surface area contributed by atoms with Crippen LogP contribution in [-0.2, 0) is 9.59 Å². The van der Waals surface area contributed by atoms with Crippen molar-refractivity contribution in [2.75, 3.05) is 18.4 Å². The first kappa shape index (κ1) is 24.0. The van der Waals surface area contributed by atoms with E-state index in [-0.39, 0.29) is 42.5 Å². The number of nitrogens with one attached hydrogen (secondary N) is 1. The first-order valence-corrected chi connectivity index (χ1v) is 9.36. The zero-order valence-electron chi connectivity index (χ0n) is 15.2. The first-order valence-electron chi connectivity index (χ1n) is 8.99. The van der Waals surface area contributed by atoms with E-state index in [1.54, 1.807) is 17.0 Å². The van der Waals surface area contributed by atoms with Crippen molar-refractivity contribution in [1.29, 1.82) is 0 Å². The SMILES string of the molecule is Cl.Cl.NC1(C(=O)N2CCCC(C(=O)Nc3ccc(Cl)cn3)C2)CCCCC1. The summed E-state index contributed by atoms with van der Waals surface area (Å²) < 4.78 is 0. The molecular formula is C18H27Cl3N4O2. The summed E-state index contributed by atoms with van der Waals surface area (Å²) in [6.07, 6.45) is 7.71. The fraction of sp³-hybridized carbons (Fsp3) is 0.611. The molecule has 2 aliphatic rings. The van der Waals surface area contributed by atoms with Crippen molar-refractivity contribution in [3.8, 4) is 0 Å². The lowest BCUT2D eigenvalue weighted by molar-refractivity contribution is -0.141. The van der Waals surface area contributed by atoms with Crippen molar-refractivity contribution in [3.05, 3.63) is 23.4 Å². The number of hydrogen-bond acceptors (Lipinski definition) is 4. The Hall–Kier alpha value is -1.08. The summed E-state index contributed by atoms with van der Waals surface area (Å²) in [5, 5.41) is 3.33. The highest BCUT2D eigenvalue weighted by molar-refractivity contribution is 6.30. The molecule has 9 heteroatoms. The van der Waals surface area contributed by atoms with Gasteiger partial charge in [0.05, 0.1) is 16.5 Å². The number of nitrogens with zero attached hydrogens (tertiary/aromatic N) is 2. The molecule has 0 aromatic carbocycles. The first-order chi connectivity index (χ1) is 12.0. The monoisotopic (exact) mass is 436 g/mol. The van der Waals surface area contributed by atoms with Gasteiger partial charge in [0.15, 0.2) is 0 Å². The van der Waals surface area contributed by atoms with E-state index in [4.69, 9.17) is 17.3 Å². The molecule has 1 unspecified atom stereocenters. The molecule has 1 saturated carbocycles. The molecule has 1 aromatic rings. The van der Waals surface area contributed by atoms with Gasteiger partial charge >= 0.3 is 0 Å². The molecule has 1 atom stereocenters. The van der Waals surface area contributed by atoms with Gasteiger partial charge in [0.1, 0.15) is 5.82 Å². The number of rotatable bonds is 3. The molecule has 1 aliphatic heterocycles. The average molecular weight is 438 g/mol. The number of piperidine rings is 1. The molecule has 1 aromatic heterocycles. The summed E-state index contributed by atoms with van der Waals surface area (Å²) in [6, 6.07) is 3.35. The third-order valence-electron chi connectivity index (χ3n) is 5.23. The number of carbonyl (C=O) groups is 2. The van der Waals surface area contributed by atoms with Crippen molar-refractivity contribution < 1.29 is 9.59 Å². The maximum absolute atomic E-state index is 12.9. The molecule has 3 N–H and O–H groups in total. The molecule has 6 nitrogen and oxygen atoms in total. The molecule has 0 spiro atoms. The number of likely N-dealkylation sites (tertiary alicyclic amines) is 1. The molecule has 3 rings (SSSR count). The van der Waals surface area contributed by atoms with Gasteiger partial charge in [-0.15, -0.1) is 24.8 Å². The molecule has 2 heterocycles. The Kier molecular flexibility index (Phi) is 9.28. The Morgan fingerprint density at radius 2 is 1.89 bits per heavy atom. The van der Waals surface area contributed by atoms with Crippen LogP contribution in [0.5, 0.6) is 0 Å². The Morgan fingerprint density at radius 3 is 2.52 bits per heavy atom. The van der Waals surface area contributed by atoms with Gasteiger partial charge in [-0.3, -0.25) is 9.59 Å². The van der Waals surface area contributed by atoms with Gasteiger partial charge in [0.2, 0.25) is 11.8 Å². The fourth-order valence-electron chi connectivity index (χ4n) is 3.77. The number of halogens is 3. The van der Waals surface area contributed by atoms with Crippen LogP contribution in [0.3, 0.4) is 0 Å². The minimum atomic E-state index is -0.742. The van der Waals surface area contributed by atoms with Crippen LogP contribution < -0.4 is 11.1 Å². The highest BCUT2D eigenvalue weighted by Crippen LogP contribution is 2.29. The molecule has 0 bridgehead atoms. The molecular weight excluding hydrogens is 411 g/mol. The lowest BCUT2D eigenvalue weighted by Gasteiger charge is -2.40. The minimum Gasteiger partial charge on any atom is -0.340 e. The molecule has 1 aliphatic carbocycles. The lowest BCUT2D eigenvalue weighted by Crippen LogP contribution is -2.58. The minimum absolute atomic E-state index is 0. The van der Waals surface area contributed by atoms with Crippen LogP contribution in [0.1, 0.15) is 44.9 Å². The number of pyridine rings is 1. The highest BCUT2D eigenvalue weighted by Gasteiger charge is 2.40. The van der Waals surface area contributed by atoms with E-state index < -0.39 is 5.54 Å². The molecule has 2 amide bonds. The summed E-state index contributed by atoms with van der Waals surface area (Å²) in [5.74, 6) is 0.138. The van der Waals surface area contributed by atoms with E-state index in [9.17, 15) is 9.59 Å². The van der Waals surface area contributed by atoms with Crippen LogP contribution in [0.15, 0.2) is 18.3 Å². The van der Waals surface area contributed by atoms with Crippen molar-refractivity contribution in [2.24, 2.45) is 11.7 Å². The van der Waals surface area contributed by atoms with E-state index in [1.807, 2.05) is 0 Å². The summed E-state index contributed by atoms with van der Waals surface area (Å²) in [4.78, 5) is 31.3. The Balaban J connectivity index is 0.00000182. The number of hydrogen-bond donors (Lipinski definition) is 2. The zero-order valence-corrected chi connectivity index (χ0v) is 17.5. The predicted octanol–water partition coefficient (Wildman–Crippen LogP) is 3.42. The van der Waals surface area contributed by atoms with Gasteiger partial charge in [-0.2, -0.15) is 0 Å². The molecule has 2 fully saturated rings. The number of carbonyl (C=O) groups excluding carboxylic acids is 2. The second-order valence-corrected chi connectivity index (χ2v) is 7.59. The van der Waals surface area contributed by atoms with Gasteiger partial charge in [-0.1, -0.05) is 30.9 Å². The summed E-state index contributed by atoms with van der Waals surface area (Å²) >= 11 is 5.81. The molecule has 152 valence electrons. The Morgan fingerprint density at radius 1 is 1.19 bits per heavy atom. The maximum atomic E-state index is 12.9. The normalized spacial score (nSPS) is 21.4. The van der Waals surface area contributed by atoms with Crippen LogP contribution in [0, 0.1) is 5.92 Å². The summed E-state index contributed by atoms with van der Waals surface area (Å²) in [7, 11) is 0. The van der Waals surface area contributed by atoms with Crippen LogP contribution in [0.2, 0.25) is 5.02 Å². The smallest absolute Gasteiger partial charge is 0.242 e. The van der Waals surface area contributed by atoms with E-state index in [0.29, 0.717) is 23.9 Å². The second kappa shape index (κ2) is 10.5. The van der Waals surface area contributed by atoms with Gasteiger partial charge < -0.3 is 16.0 Å². The largest absolute Gasteiger partial charge is 0.340 e. The van der Waals surface area contributed by atoms with E-state index >= 15 is 0 Å². The van der Waals surface area contributed by atoms with Crippen LogP contribution in [0.4, 0.5) is 5.82 Å². The number of aromatic nitrogens is 1. The average Bonchev–Trinajstić information content (AvgIpc) is 2.63.